The van der Waals surface area contributed by atoms with E-state index < -0.39 is 6.04 Å². The largest absolute Gasteiger partial charge is 0.497 e. The van der Waals surface area contributed by atoms with Crippen molar-refractivity contribution in [1.29, 1.82) is 0 Å². The summed E-state index contributed by atoms with van der Waals surface area (Å²) in [6, 6.07) is 31.8. The van der Waals surface area contributed by atoms with Crippen LogP contribution in [0.4, 0.5) is 11.4 Å². The van der Waals surface area contributed by atoms with E-state index in [1.165, 1.54) is 0 Å². The number of hydrogen-bond donors (Lipinski definition) is 1. The highest BCUT2D eigenvalue weighted by molar-refractivity contribution is 5.98. The zero-order valence-electron chi connectivity index (χ0n) is 22.9. The second-order valence-corrected chi connectivity index (χ2v) is 9.78. The number of carbonyl (C=O) groups excluding carboxylic acids is 2. The van der Waals surface area contributed by atoms with Crippen molar-refractivity contribution >= 4 is 23.2 Å². The van der Waals surface area contributed by atoms with E-state index in [-0.39, 0.29) is 24.8 Å². The Morgan fingerprint density at radius 3 is 2.03 bits per heavy atom. The van der Waals surface area contributed by atoms with Crippen molar-refractivity contribution in [3.63, 3.8) is 0 Å². The van der Waals surface area contributed by atoms with Crippen LogP contribution < -0.4 is 15.0 Å². The summed E-state index contributed by atoms with van der Waals surface area (Å²) >= 11 is 0. The van der Waals surface area contributed by atoms with Crippen LogP contribution in [0.3, 0.4) is 0 Å². The van der Waals surface area contributed by atoms with Crippen molar-refractivity contribution in [3.05, 3.63) is 125 Å². The highest BCUT2D eigenvalue weighted by Gasteiger charge is 2.32. The van der Waals surface area contributed by atoms with Crippen LogP contribution in [0.15, 0.2) is 103 Å². The minimum atomic E-state index is -0.836. The zero-order valence-corrected chi connectivity index (χ0v) is 22.9. The van der Waals surface area contributed by atoms with E-state index in [2.05, 4.69) is 5.32 Å². The van der Waals surface area contributed by atoms with E-state index in [1.807, 2.05) is 129 Å². The number of amides is 2. The molecule has 0 radical (unpaired) electrons. The van der Waals surface area contributed by atoms with E-state index >= 15 is 0 Å². The molecule has 0 fully saturated rings. The molecule has 4 aromatic rings. The molecule has 39 heavy (non-hydrogen) atoms. The number of benzene rings is 4. The van der Waals surface area contributed by atoms with E-state index in [9.17, 15) is 9.59 Å². The van der Waals surface area contributed by atoms with Gasteiger partial charge in [-0.3, -0.25) is 9.59 Å². The van der Waals surface area contributed by atoms with E-state index in [0.717, 1.165) is 33.7 Å². The lowest BCUT2D eigenvalue weighted by Crippen LogP contribution is -2.41. The Kier molecular flexibility index (Phi) is 9.00. The molecule has 1 N–H and O–H groups in total. The number of methoxy groups -OCH3 is 1. The van der Waals surface area contributed by atoms with Gasteiger partial charge in [-0.25, -0.2) is 0 Å². The van der Waals surface area contributed by atoms with Gasteiger partial charge in [0.15, 0.2) is 0 Å². The second-order valence-electron chi connectivity index (χ2n) is 9.78. The molecule has 0 saturated carbocycles. The fourth-order valence-corrected chi connectivity index (χ4v) is 4.40. The van der Waals surface area contributed by atoms with Gasteiger partial charge in [-0.05, 0) is 60.0 Å². The standard InChI is InChI=1S/C33H35N3O3/c1-24-10-14-27(15-11-24)32(33(38)34-28-16-18-29(19-17-28)35(2)3)36(23-26-12-20-30(39-4)21-13-26)31(37)22-25-8-6-5-7-9-25/h5-21,32H,22-23H2,1-4H3,(H,34,38). The topological polar surface area (TPSA) is 61.9 Å². The predicted octanol–water partition coefficient (Wildman–Crippen LogP) is 6.02. The minimum absolute atomic E-state index is 0.138. The summed E-state index contributed by atoms with van der Waals surface area (Å²) in [4.78, 5) is 31.6. The number of anilines is 2. The van der Waals surface area contributed by atoms with Crippen LogP contribution in [-0.4, -0.2) is 37.9 Å². The van der Waals surface area contributed by atoms with Crippen molar-refractivity contribution < 1.29 is 14.3 Å². The summed E-state index contributed by atoms with van der Waals surface area (Å²) in [5, 5.41) is 3.05. The predicted molar refractivity (Wildman–Crippen MR) is 157 cm³/mol. The van der Waals surface area contributed by atoms with Gasteiger partial charge in [0.05, 0.1) is 13.5 Å². The Balaban J connectivity index is 1.71. The number of rotatable bonds is 10. The van der Waals surface area contributed by atoms with Crippen molar-refractivity contribution in [2.45, 2.75) is 25.9 Å². The molecule has 4 aromatic carbocycles. The lowest BCUT2D eigenvalue weighted by atomic mass is 10.00. The van der Waals surface area contributed by atoms with E-state index in [0.29, 0.717) is 5.69 Å². The average Bonchev–Trinajstić information content (AvgIpc) is 2.95. The van der Waals surface area contributed by atoms with Gasteiger partial charge in [0, 0.05) is 32.0 Å². The number of aryl methyl sites for hydroxylation is 1. The van der Waals surface area contributed by atoms with Crippen molar-refractivity contribution in [2.24, 2.45) is 0 Å². The third kappa shape index (κ3) is 7.26. The third-order valence-electron chi connectivity index (χ3n) is 6.63. The number of nitrogens with one attached hydrogen (secondary N) is 1. The maximum absolute atomic E-state index is 14.0. The summed E-state index contributed by atoms with van der Waals surface area (Å²) < 4.78 is 5.31. The fraction of sp³-hybridized carbons (Fsp3) is 0.212. The van der Waals surface area contributed by atoms with Crippen molar-refractivity contribution in [3.8, 4) is 5.75 Å². The maximum Gasteiger partial charge on any atom is 0.251 e. The van der Waals surface area contributed by atoms with Gasteiger partial charge in [0.2, 0.25) is 5.91 Å². The Labute approximate surface area is 230 Å². The van der Waals surface area contributed by atoms with E-state index in [4.69, 9.17) is 4.74 Å². The average molecular weight is 522 g/mol. The van der Waals surface area contributed by atoms with Gasteiger partial charge >= 0.3 is 0 Å². The molecule has 1 unspecified atom stereocenters. The van der Waals surface area contributed by atoms with Crippen molar-refractivity contribution in [2.75, 3.05) is 31.4 Å². The number of carbonyl (C=O) groups is 2. The summed E-state index contributed by atoms with van der Waals surface area (Å²) in [5.74, 6) is 0.321. The Hall–Kier alpha value is -4.58. The van der Waals surface area contributed by atoms with Crippen LogP contribution in [-0.2, 0) is 22.6 Å². The monoisotopic (exact) mass is 521 g/mol. The lowest BCUT2D eigenvalue weighted by Gasteiger charge is -2.32. The summed E-state index contributed by atoms with van der Waals surface area (Å²) in [6.45, 7) is 2.27. The first-order valence-corrected chi connectivity index (χ1v) is 12.9. The van der Waals surface area contributed by atoms with Crippen LogP contribution in [0.2, 0.25) is 0 Å². The first-order valence-electron chi connectivity index (χ1n) is 12.9. The first kappa shape index (κ1) is 27.5. The molecule has 0 spiro atoms. The SMILES string of the molecule is COc1ccc(CN(C(=O)Cc2ccccc2)C(C(=O)Nc2ccc(N(C)C)cc2)c2ccc(C)cc2)cc1. The molecule has 0 saturated heterocycles. The quantitative estimate of drug-likeness (QED) is 0.277. The Bertz CT molecular complexity index is 1370. The maximum atomic E-state index is 14.0. The van der Waals surface area contributed by atoms with Crippen molar-refractivity contribution in [1.82, 2.24) is 4.90 Å². The molecule has 0 bridgehead atoms. The zero-order chi connectivity index (χ0) is 27.8. The van der Waals surface area contributed by atoms with Gasteiger partial charge < -0.3 is 19.9 Å². The van der Waals surface area contributed by atoms with Crippen LogP contribution in [0.1, 0.15) is 28.3 Å². The molecule has 0 aliphatic carbocycles. The molecule has 0 heterocycles. The molecular formula is C33H35N3O3. The molecule has 6 heteroatoms. The summed E-state index contributed by atoms with van der Waals surface area (Å²) in [7, 11) is 5.56. The normalized spacial score (nSPS) is 11.4. The smallest absolute Gasteiger partial charge is 0.251 e. The summed E-state index contributed by atoms with van der Waals surface area (Å²) in [6.07, 6.45) is 0.185. The number of ether oxygens (including phenoxy) is 1. The van der Waals surface area contributed by atoms with Gasteiger partial charge in [-0.15, -0.1) is 0 Å². The summed E-state index contributed by atoms with van der Waals surface area (Å²) in [5.41, 5.74) is 5.32. The highest BCUT2D eigenvalue weighted by atomic mass is 16.5. The van der Waals surface area contributed by atoms with E-state index in [1.54, 1.807) is 12.0 Å². The Morgan fingerprint density at radius 2 is 1.44 bits per heavy atom. The van der Waals surface area contributed by atoms with Gasteiger partial charge in [-0.1, -0.05) is 72.3 Å². The molecule has 2 amide bonds. The Morgan fingerprint density at radius 1 is 0.795 bits per heavy atom. The van der Waals surface area contributed by atoms with Crippen LogP contribution in [0, 0.1) is 6.92 Å². The molecule has 0 aliphatic heterocycles. The third-order valence-corrected chi connectivity index (χ3v) is 6.63. The van der Waals surface area contributed by atoms with Gasteiger partial charge in [0.1, 0.15) is 11.8 Å². The van der Waals surface area contributed by atoms with Crippen LogP contribution in [0.25, 0.3) is 0 Å². The second kappa shape index (κ2) is 12.8. The van der Waals surface area contributed by atoms with Gasteiger partial charge in [0.25, 0.3) is 5.91 Å². The number of hydrogen-bond acceptors (Lipinski definition) is 4. The molecule has 200 valence electrons. The molecule has 1 atom stereocenters. The number of nitrogens with zero attached hydrogens (tertiary/aromatic N) is 2. The first-order chi connectivity index (χ1) is 18.8. The fourth-order valence-electron chi connectivity index (χ4n) is 4.40. The highest BCUT2D eigenvalue weighted by Crippen LogP contribution is 2.28. The molecule has 6 nitrogen and oxygen atoms in total. The lowest BCUT2D eigenvalue weighted by molar-refractivity contribution is -0.139. The molecule has 0 aliphatic rings. The molecule has 0 aromatic heterocycles. The van der Waals surface area contributed by atoms with Crippen LogP contribution >= 0.6 is 0 Å². The molecular weight excluding hydrogens is 486 g/mol. The molecule has 4 rings (SSSR count). The van der Waals surface area contributed by atoms with Crippen LogP contribution in [0.5, 0.6) is 5.75 Å². The van der Waals surface area contributed by atoms with Gasteiger partial charge in [-0.2, -0.15) is 0 Å². The minimum Gasteiger partial charge on any atom is -0.497 e.